The van der Waals surface area contributed by atoms with Gasteiger partial charge < -0.3 is 9.47 Å². The van der Waals surface area contributed by atoms with Crippen LogP contribution < -0.4 is 0 Å². The standard InChI is InChI=1S/C23H24O4/c1-5-18(16-11-12-16)20(17-9-7-6-8-10-17)19-14-23(13-15(19)2,21(24)26-3)22(25)27-4/h5-10H,1-2,11-14H2,3-4H3/b20-19+. The zero-order valence-electron chi connectivity index (χ0n) is 15.8. The Bertz CT molecular complexity index is 849. The van der Waals surface area contributed by atoms with Crippen LogP contribution in [0.5, 0.6) is 0 Å². The van der Waals surface area contributed by atoms with Gasteiger partial charge in [-0.15, -0.1) is 0 Å². The van der Waals surface area contributed by atoms with Crippen LogP contribution in [0.4, 0.5) is 0 Å². The summed E-state index contributed by atoms with van der Waals surface area (Å²) in [6, 6.07) is 9.95. The Hall–Kier alpha value is -2.88. The number of methoxy groups -OCH3 is 2. The number of carbonyl (C=O) groups excluding carboxylic acids is 2. The maximum absolute atomic E-state index is 12.6. The van der Waals surface area contributed by atoms with Crippen LogP contribution in [0.1, 0.15) is 31.2 Å². The molecule has 27 heavy (non-hydrogen) atoms. The van der Waals surface area contributed by atoms with Gasteiger partial charge in [0.25, 0.3) is 0 Å². The minimum atomic E-state index is -1.38. The molecule has 2 aliphatic carbocycles. The molecule has 0 unspecified atom stereocenters. The van der Waals surface area contributed by atoms with Gasteiger partial charge in [0, 0.05) is 6.42 Å². The van der Waals surface area contributed by atoms with E-state index in [9.17, 15) is 9.59 Å². The average Bonchev–Trinajstić information content (AvgIpc) is 3.48. The van der Waals surface area contributed by atoms with E-state index in [1.165, 1.54) is 19.8 Å². The van der Waals surface area contributed by atoms with Gasteiger partial charge in [-0.3, -0.25) is 9.59 Å². The van der Waals surface area contributed by atoms with E-state index in [4.69, 9.17) is 9.47 Å². The molecule has 0 N–H and O–H groups in total. The van der Waals surface area contributed by atoms with Crippen molar-refractivity contribution in [3.8, 4) is 0 Å². The van der Waals surface area contributed by atoms with E-state index >= 15 is 0 Å². The second-order valence-electron chi connectivity index (χ2n) is 6.96. The van der Waals surface area contributed by atoms with Crippen LogP contribution in [0.15, 0.2) is 71.9 Å². The largest absolute Gasteiger partial charge is 0.468 e. The lowest BCUT2D eigenvalue weighted by atomic mass is 9.84. The van der Waals surface area contributed by atoms with Crippen LogP contribution in [0.3, 0.4) is 0 Å². The van der Waals surface area contributed by atoms with E-state index < -0.39 is 17.4 Å². The first kappa shape index (κ1) is 18.9. The van der Waals surface area contributed by atoms with Gasteiger partial charge in [-0.1, -0.05) is 55.1 Å². The van der Waals surface area contributed by atoms with Crippen molar-refractivity contribution in [2.24, 2.45) is 5.41 Å². The summed E-state index contributed by atoms with van der Waals surface area (Å²) in [5, 5.41) is 0. The molecule has 2 fully saturated rings. The first-order chi connectivity index (χ1) is 13.0. The van der Waals surface area contributed by atoms with Crippen molar-refractivity contribution in [1.29, 1.82) is 0 Å². The maximum atomic E-state index is 12.6. The molecule has 0 heterocycles. The van der Waals surface area contributed by atoms with Gasteiger partial charge in [0.15, 0.2) is 5.41 Å². The number of carbonyl (C=O) groups is 2. The second-order valence-corrected chi connectivity index (χ2v) is 6.96. The number of benzene rings is 1. The van der Waals surface area contributed by atoms with E-state index in [0.29, 0.717) is 0 Å². The summed E-state index contributed by atoms with van der Waals surface area (Å²) in [7, 11) is 2.58. The van der Waals surface area contributed by atoms with E-state index in [0.717, 1.165) is 40.7 Å². The quantitative estimate of drug-likeness (QED) is 0.574. The van der Waals surface area contributed by atoms with Crippen LogP contribution in [-0.4, -0.2) is 26.2 Å². The molecule has 0 aliphatic heterocycles. The highest BCUT2D eigenvalue weighted by atomic mass is 16.5. The normalized spacial score (nSPS) is 19.3. The minimum Gasteiger partial charge on any atom is -0.468 e. The number of ether oxygens (including phenoxy) is 2. The van der Waals surface area contributed by atoms with Gasteiger partial charge in [-0.25, -0.2) is 0 Å². The Morgan fingerprint density at radius 2 is 1.63 bits per heavy atom. The van der Waals surface area contributed by atoms with Crippen molar-refractivity contribution in [2.75, 3.05) is 14.2 Å². The molecule has 4 heteroatoms. The number of hydrogen-bond donors (Lipinski definition) is 0. The first-order valence-electron chi connectivity index (χ1n) is 8.97. The zero-order valence-corrected chi connectivity index (χ0v) is 15.8. The Morgan fingerprint density at radius 3 is 2.11 bits per heavy atom. The molecule has 0 aromatic heterocycles. The number of hydrogen-bond acceptors (Lipinski definition) is 4. The van der Waals surface area contributed by atoms with Gasteiger partial charge in [-0.05, 0) is 47.1 Å². The maximum Gasteiger partial charge on any atom is 0.323 e. The molecule has 2 saturated carbocycles. The molecule has 0 radical (unpaired) electrons. The van der Waals surface area contributed by atoms with Crippen molar-refractivity contribution >= 4 is 17.5 Å². The summed E-state index contributed by atoms with van der Waals surface area (Å²) in [5.74, 6) is -1.17. The molecule has 1 aromatic carbocycles. The summed E-state index contributed by atoms with van der Waals surface area (Å²) in [4.78, 5) is 25.1. The van der Waals surface area contributed by atoms with Gasteiger partial charge in [0.05, 0.1) is 14.2 Å². The molecule has 0 spiro atoms. The highest BCUT2D eigenvalue weighted by molar-refractivity contribution is 6.03. The van der Waals surface area contributed by atoms with Crippen molar-refractivity contribution in [1.82, 2.24) is 0 Å². The van der Waals surface area contributed by atoms with Crippen LogP contribution in [-0.2, 0) is 19.1 Å². The summed E-state index contributed by atoms with van der Waals surface area (Å²) in [6.07, 6.45) is 4.34. The monoisotopic (exact) mass is 364 g/mol. The molecular formula is C23H24O4. The van der Waals surface area contributed by atoms with E-state index in [1.807, 2.05) is 36.4 Å². The Balaban J connectivity index is 2.22. The fourth-order valence-electron chi connectivity index (χ4n) is 3.84. The number of allylic oxidation sites excluding steroid dienone is 6. The lowest BCUT2D eigenvalue weighted by Gasteiger charge is -2.22. The second kappa shape index (κ2) is 7.39. The van der Waals surface area contributed by atoms with Gasteiger partial charge in [0.1, 0.15) is 0 Å². The molecule has 0 bridgehead atoms. The summed E-state index contributed by atoms with van der Waals surface area (Å²) in [5.41, 5.74) is 4.69. The molecule has 1 aromatic rings. The smallest absolute Gasteiger partial charge is 0.323 e. The molecule has 2 aliphatic rings. The topological polar surface area (TPSA) is 52.6 Å². The van der Waals surface area contributed by atoms with Crippen LogP contribution in [0, 0.1) is 5.41 Å². The minimum absolute atomic E-state index is 0.192. The molecule has 0 atom stereocenters. The molecule has 0 amide bonds. The highest BCUT2D eigenvalue weighted by Crippen LogP contribution is 2.51. The predicted octanol–water partition coefficient (Wildman–Crippen LogP) is 4.40. The SMILES string of the molecule is C=CC(=C1CC1)/C(=C1\CC(C(=O)OC)(C(=O)OC)CC1=C)c1ccccc1. The third-order valence-electron chi connectivity index (χ3n) is 5.29. The average molecular weight is 364 g/mol. The van der Waals surface area contributed by atoms with E-state index in [2.05, 4.69) is 13.2 Å². The van der Waals surface area contributed by atoms with Crippen LogP contribution >= 0.6 is 0 Å². The predicted molar refractivity (Wildman–Crippen MR) is 105 cm³/mol. The molecule has 140 valence electrons. The van der Waals surface area contributed by atoms with Crippen molar-refractivity contribution < 1.29 is 19.1 Å². The molecular weight excluding hydrogens is 340 g/mol. The number of rotatable bonds is 5. The lowest BCUT2D eigenvalue weighted by Crippen LogP contribution is -2.38. The highest BCUT2D eigenvalue weighted by Gasteiger charge is 2.54. The first-order valence-corrected chi connectivity index (χ1v) is 8.97. The van der Waals surface area contributed by atoms with Gasteiger partial charge in [0.2, 0.25) is 0 Å². The van der Waals surface area contributed by atoms with E-state index in [-0.39, 0.29) is 12.8 Å². The van der Waals surface area contributed by atoms with Gasteiger partial charge in [-0.2, -0.15) is 0 Å². The summed E-state index contributed by atoms with van der Waals surface area (Å²) in [6.45, 7) is 8.18. The van der Waals surface area contributed by atoms with Crippen molar-refractivity contribution in [3.63, 3.8) is 0 Å². The Morgan fingerprint density at radius 1 is 1.04 bits per heavy atom. The summed E-state index contributed by atoms with van der Waals surface area (Å²) < 4.78 is 9.91. The third kappa shape index (κ3) is 3.27. The lowest BCUT2D eigenvalue weighted by molar-refractivity contribution is -0.168. The molecule has 3 rings (SSSR count). The zero-order chi connectivity index (χ0) is 19.6. The van der Waals surface area contributed by atoms with Gasteiger partial charge >= 0.3 is 11.9 Å². The van der Waals surface area contributed by atoms with E-state index in [1.54, 1.807) is 0 Å². The van der Waals surface area contributed by atoms with Crippen LogP contribution in [0.25, 0.3) is 5.57 Å². The van der Waals surface area contributed by atoms with Crippen LogP contribution in [0.2, 0.25) is 0 Å². The van der Waals surface area contributed by atoms with Crippen molar-refractivity contribution in [2.45, 2.75) is 25.7 Å². The Kier molecular flexibility index (Phi) is 5.17. The fourth-order valence-corrected chi connectivity index (χ4v) is 3.84. The Labute approximate surface area is 159 Å². The van der Waals surface area contributed by atoms with Crippen molar-refractivity contribution in [3.05, 3.63) is 77.4 Å². The number of esters is 2. The molecule has 0 saturated heterocycles. The fraction of sp³-hybridized carbons (Fsp3) is 0.304. The third-order valence-corrected chi connectivity index (χ3v) is 5.29. The molecule has 4 nitrogen and oxygen atoms in total. The summed E-state index contributed by atoms with van der Waals surface area (Å²) >= 11 is 0.